The molecule has 3 aromatic carbocycles. The van der Waals surface area contributed by atoms with Crippen LogP contribution < -0.4 is 4.74 Å². The van der Waals surface area contributed by atoms with Crippen molar-refractivity contribution in [1.82, 2.24) is 4.90 Å². The first kappa shape index (κ1) is 20.0. The first-order valence-electron chi connectivity index (χ1n) is 9.68. The van der Waals surface area contributed by atoms with Crippen molar-refractivity contribution in [2.45, 2.75) is 13.5 Å². The van der Waals surface area contributed by atoms with Gasteiger partial charge in [-0.15, -0.1) is 0 Å². The molecule has 0 aromatic heterocycles. The van der Waals surface area contributed by atoms with E-state index in [-0.39, 0.29) is 5.91 Å². The molecule has 4 rings (SSSR count). The molecule has 1 saturated heterocycles. The van der Waals surface area contributed by atoms with Crippen molar-refractivity contribution in [3.63, 3.8) is 0 Å². The van der Waals surface area contributed by atoms with E-state index in [4.69, 9.17) is 4.74 Å². The van der Waals surface area contributed by atoms with Crippen LogP contribution in [-0.2, 0) is 11.4 Å². The molecule has 0 spiro atoms. The van der Waals surface area contributed by atoms with Crippen LogP contribution in [0.2, 0.25) is 0 Å². The van der Waals surface area contributed by atoms with Crippen LogP contribution in [0.25, 0.3) is 6.08 Å². The standard InChI is InChI=1S/C25H22N2O2S/c1-18-7-6-8-20(15-18)17-29-22-13-11-19(12-14-22)16-23-24(28)27(2)25(30-23)26-21-9-4-3-5-10-21/h3-16H,17H2,1-2H3/b23-16+,26-25?. The number of hydrogen-bond donors (Lipinski definition) is 0. The van der Waals surface area contributed by atoms with Crippen LogP contribution in [-0.4, -0.2) is 23.0 Å². The van der Waals surface area contributed by atoms with Gasteiger partial charge in [0.15, 0.2) is 5.17 Å². The second-order valence-corrected chi connectivity index (χ2v) is 8.06. The first-order valence-corrected chi connectivity index (χ1v) is 10.5. The van der Waals surface area contributed by atoms with Crippen LogP contribution >= 0.6 is 11.8 Å². The van der Waals surface area contributed by atoms with Crippen molar-refractivity contribution in [2.24, 2.45) is 4.99 Å². The summed E-state index contributed by atoms with van der Waals surface area (Å²) in [5.41, 5.74) is 4.14. The van der Waals surface area contributed by atoms with Crippen LogP contribution in [0.1, 0.15) is 16.7 Å². The van der Waals surface area contributed by atoms with E-state index in [1.807, 2.05) is 66.7 Å². The van der Waals surface area contributed by atoms with Crippen molar-refractivity contribution >= 4 is 34.6 Å². The highest BCUT2D eigenvalue weighted by molar-refractivity contribution is 8.18. The molecular weight excluding hydrogens is 392 g/mol. The maximum atomic E-state index is 12.6. The van der Waals surface area contributed by atoms with Gasteiger partial charge >= 0.3 is 0 Å². The molecule has 1 fully saturated rings. The molecule has 1 heterocycles. The minimum atomic E-state index is -0.0468. The zero-order chi connectivity index (χ0) is 20.9. The Morgan fingerprint density at radius 3 is 2.50 bits per heavy atom. The number of thioether (sulfide) groups is 1. The number of ether oxygens (including phenoxy) is 1. The number of hydrogen-bond acceptors (Lipinski definition) is 4. The third-order valence-corrected chi connectivity index (χ3v) is 5.71. The molecule has 0 unspecified atom stereocenters. The van der Waals surface area contributed by atoms with Crippen LogP contribution in [0.5, 0.6) is 5.75 Å². The van der Waals surface area contributed by atoms with E-state index in [0.717, 1.165) is 22.6 Å². The van der Waals surface area contributed by atoms with E-state index in [0.29, 0.717) is 16.7 Å². The first-order chi connectivity index (χ1) is 14.6. The molecule has 0 saturated carbocycles. The fourth-order valence-corrected chi connectivity index (χ4v) is 4.03. The number of aryl methyl sites for hydroxylation is 1. The van der Waals surface area contributed by atoms with E-state index in [1.54, 1.807) is 11.9 Å². The monoisotopic (exact) mass is 414 g/mol. The Morgan fingerprint density at radius 1 is 1.00 bits per heavy atom. The molecule has 1 aliphatic heterocycles. The number of para-hydroxylation sites is 1. The van der Waals surface area contributed by atoms with Gasteiger partial charge in [-0.2, -0.15) is 0 Å². The lowest BCUT2D eigenvalue weighted by molar-refractivity contribution is -0.121. The zero-order valence-electron chi connectivity index (χ0n) is 16.9. The summed E-state index contributed by atoms with van der Waals surface area (Å²) in [5, 5.41) is 0.676. The van der Waals surface area contributed by atoms with Gasteiger partial charge in [0, 0.05) is 7.05 Å². The number of rotatable bonds is 5. The number of carbonyl (C=O) groups is 1. The van der Waals surface area contributed by atoms with Gasteiger partial charge < -0.3 is 4.74 Å². The summed E-state index contributed by atoms with van der Waals surface area (Å²) in [6, 6.07) is 25.7. The lowest BCUT2D eigenvalue weighted by Gasteiger charge is -2.07. The minimum absolute atomic E-state index is 0.0468. The van der Waals surface area contributed by atoms with Gasteiger partial charge in [-0.25, -0.2) is 4.99 Å². The number of benzene rings is 3. The molecule has 0 aliphatic carbocycles. The average Bonchev–Trinajstić information content (AvgIpc) is 3.02. The van der Waals surface area contributed by atoms with Crippen molar-refractivity contribution < 1.29 is 9.53 Å². The highest BCUT2D eigenvalue weighted by Crippen LogP contribution is 2.33. The second kappa shape index (κ2) is 9.01. The van der Waals surface area contributed by atoms with Crippen LogP contribution in [0, 0.1) is 6.92 Å². The zero-order valence-corrected chi connectivity index (χ0v) is 17.7. The molecule has 0 radical (unpaired) electrons. The number of aliphatic imine (C=N–C) groups is 1. The van der Waals surface area contributed by atoms with E-state index >= 15 is 0 Å². The van der Waals surface area contributed by atoms with E-state index in [1.165, 1.54) is 17.3 Å². The van der Waals surface area contributed by atoms with Crippen molar-refractivity contribution in [2.75, 3.05) is 7.05 Å². The normalized spacial score (nSPS) is 16.5. The Labute approximate surface area is 180 Å². The molecule has 0 N–H and O–H groups in total. The Bertz CT molecular complexity index is 1110. The summed E-state index contributed by atoms with van der Waals surface area (Å²) in [6.07, 6.45) is 1.89. The maximum Gasteiger partial charge on any atom is 0.266 e. The minimum Gasteiger partial charge on any atom is -0.489 e. The third kappa shape index (κ3) is 4.81. The highest BCUT2D eigenvalue weighted by atomic mass is 32.2. The number of amidine groups is 1. The molecule has 150 valence electrons. The van der Waals surface area contributed by atoms with Gasteiger partial charge in [0.1, 0.15) is 12.4 Å². The lowest BCUT2D eigenvalue weighted by atomic mass is 10.1. The Morgan fingerprint density at radius 2 is 1.77 bits per heavy atom. The average molecular weight is 415 g/mol. The topological polar surface area (TPSA) is 41.9 Å². The van der Waals surface area contributed by atoms with Crippen LogP contribution in [0.3, 0.4) is 0 Å². The summed E-state index contributed by atoms with van der Waals surface area (Å²) in [7, 11) is 1.75. The van der Waals surface area contributed by atoms with E-state index in [9.17, 15) is 4.79 Å². The SMILES string of the molecule is Cc1cccc(COc2ccc(/C=C3/SC(=Nc4ccccc4)N(C)C3=O)cc2)c1. The smallest absolute Gasteiger partial charge is 0.266 e. The summed E-state index contributed by atoms with van der Waals surface area (Å²) >= 11 is 1.39. The summed E-state index contributed by atoms with van der Waals surface area (Å²) in [5.74, 6) is 0.752. The lowest BCUT2D eigenvalue weighted by Crippen LogP contribution is -2.23. The molecule has 3 aromatic rings. The number of amides is 1. The Balaban J connectivity index is 1.44. The molecule has 5 heteroatoms. The summed E-state index contributed by atoms with van der Waals surface area (Å²) < 4.78 is 5.87. The molecular formula is C25H22N2O2S. The largest absolute Gasteiger partial charge is 0.489 e. The number of carbonyl (C=O) groups excluding carboxylic acids is 1. The van der Waals surface area contributed by atoms with Crippen molar-refractivity contribution in [3.05, 3.63) is 100 Å². The molecule has 4 nitrogen and oxygen atoms in total. The van der Waals surface area contributed by atoms with Gasteiger partial charge in [0.2, 0.25) is 0 Å². The predicted octanol–water partition coefficient (Wildman–Crippen LogP) is 5.81. The molecule has 0 atom stereocenters. The third-order valence-electron chi connectivity index (χ3n) is 4.65. The second-order valence-electron chi connectivity index (χ2n) is 7.05. The van der Waals surface area contributed by atoms with Gasteiger partial charge in [0.05, 0.1) is 10.6 Å². The molecule has 1 aliphatic rings. The summed E-state index contributed by atoms with van der Waals surface area (Å²) in [6.45, 7) is 2.60. The Kier molecular flexibility index (Phi) is 6.00. The van der Waals surface area contributed by atoms with Crippen LogP contribution in [0.15, 0.2) is 88.8 Å². The van der Waals surface area contributed by atoms with Crippen LogP contribution in [0.4, 0.5) is 5.69 Å². The molecule has 1 amide bonds. The Hall–Kier alpha value is -3.31. The van der Waals surface area contributed by atoms with E-state index < -0.39 is 0 Å². The molecule has 30 heavy (non-hydrogen) atoms. The number of nitrogens with zero attached hydrogens (tertiary/aromatic N) is 2. The van der Waals surface area contributed by atoms with Crippen molar-refractivity contribution in [1.29, 1.82) is 0 Å². The van der Waals surface area contributed by atoms with E-state index in [2.05, 4.69) is 30.1 Å². The highest BCUT2D eigenvalue weighted by Gasteiger charge is 2.30. The van der Waals surface area contributed by atoms with Crippen molar-refractivity contribution in [3.8, 4) is 5.75 Å². The van der Waals surface area contributed by atoms with Gasteiger partial charge in [-0.1, -0.05) is 60.2 Å². The van der Waals surface area contributed by atoms with Gasteiger partial charge in [-0.05, 0) is 60.2 Å². The summed E-state index contributed by atoms with van der Waals surface area (Å²) in [4.78, 5) is 19.4. The van der Waals surface area contributed by atoms with Gasteiger partial charge in [-0.3, -0.25) is 9.69 Å². The van der Waals surface area contributed by atoms with Gasteiger partial charge in [0.25, 0.3) is 5.91 Å². The fourth-order valence-electron chi connectivity index (χ4n) is 3.04. The molecule has 0 bridgehead atoms. The maximum absolute atomic E-state index is 12.6. The number of likely N-dealkylation sites (N-methyl/N-ethyl adjacent to an activating group) is 1. The predicted molar refractivity (Wildman–Crippen MR) is 124 cm³/mol. The quantitative estimate of drug-likeness (QED) is 0.495. The fraction of sp³-hybridized carbons (Fsp3) is 0.120.